The zero-order valence-electron chi connectivity index (χ0n) is 8.75. The molecule has 3 heteroatoms. The van der Waals surface area contributed by atoms with Gasteiger partial charge in [0.05, 0.1) is 0 Å². The summed E-state index contributed by atoms with van der Waals surface area (Å²) < 4.78 is 5.30. The molecule has 0 amide bonds. The molecule has 0 aliphatic heterocycles. The van der Waals surface area contributed by atoms with Crippen molar-refractivity contribution >= 4 is 20.6 Å². The van der Waals surface area contributed by atoms with Crippen LogP contribution in [0.2, 0.25) is 10.4 Å². The molecule has 0 heterocycles. The van der Waals surface area contributed by atoms with E-state index in [0.29, 0.717) is 0 Å². The van der Waals surface area contributed by atoms with Crippen molar-refractivity contribution in [3.63, 3.8) is 0 Å². The Morgan fingerprint density at radius 2 is 2.00 bits per heavy atom. The van der Waals surface area contributed by atoms with Crippen molar-refractivity contribution in [1.29, 1.82) is 0 Å². The molecule has 13 heavy (non-hydrogen) atoms. The number of hydrogen-bond acceptors (Lipinski definition) is 2. The summed E-state index contributed by atoms with van der Waals surface area (Å²) >= 11 is -0.935. The van der Waals surface area contributed by atoms with Gasteiger partial charge in [-0.15, -0.1) is 0 Å². The molecule has 0 radical (unpaired) electrons. The van der Waals surface area contributed by atoms with Gasteiger partial charge in [0.1, 0.15) is 0 Å². The fraction of sp³-hybridized carbons (Fsp3) is 0.700. The molecule has 0 N–H and O–H groups in total. The van der Waals surface area contributed by atoms with E-state index in [2.05, 4.69) is 27.4 Å². The molecular formula is C10H19AsO2. The molecule has 1 unspecified atom stereocenters. The number of esters is 1. The average molecular weight is 246 g/mol. The summed E-state index contributed by atoms with van der Waals surface area (Å²) in [6.45, 7) is 9.85. The molecule has 0 aromatic heterocycles. The third-order valence-electron chi connectivity index (χ3n) is 1.99. The van der Waals surface area contributed by atoms with Gasteiger partial charge in [-0.3, -0.25) is 0 Å². The first kappa shape index (κ1) is 12.8. The van der Waals surface area contributed by atoms with E-state index in [1.807, 2.05) is 0 Å². The van der Waals surface area contributed by atoms with Gasteiger partial charge in [0, 0.05) is 0 Å². The first-order chi connectivity index (χ1) is 6.19. The van der Waals surface area contributed by atoms with Crippen molar-refractivity contribution in [2.24, 2.45) is 0 Å². The summed E-state index contributed by atoms with van der Waals surface area (Å²) in [7, 11) is 0. The van der Waals surface area contributed by atoms with Crippen LogP contribution in [0.3, 0.4) is 0 Å². The Bertz CT molecular complexity index is 164. The fourth-order valence-electron chi connectivity index (χ4n) is 1.23. The van der Waals surface area contributed by atoms with Crippen molar-refractivity contribution < 1.29 is 9.53 Å². The molecule has 76 valence electrons. The predicted octanol–water partition coefficient (Wildman–Crippen LogP) is 2.57. The normalized spacial score (nSPS) is 12.6. The Balaban J connectivity index is 4.14. The Morgan fingerprint density at radius 3 is 2.31 bits per heavy atom. The van der Waals surface area contributed by atoms with Crippen LogP contribution in [-0.4, -0.2) is 25.5 Å². The van der Waals surface area contributed by atoms with Gasteiger partial charge < -0.3 is 0 Å². The number of hydrogen-bond donors (Lipinski definition) is 0. The summed E-state index contributed by atoms with van der Waals surface area (Å²) in [5.74, 6) is -0.270. The molecule has 0 fully saturated rings. The van der Waals surface area contributed by atoms with Crippen molar-refractivity contribution in [3.05, 3.63) is 12.7 Å². The number of carbonyl (C=O) groups is 1. The van der Waals surface area contributed by atoms with E-state index in [1.165, 1.54) is 16.5 Å². The molecular weight excluding hydrogens is 227 g/mol. The fourth-order valence-corrected chi connectivity index (χ4v) is 5.49. The van der Waals surface area contributed by atoms with Crippen molar-refractivity contribution in [3.8, 4) is 0 Å². The van der Waals surface area contributed by atoms with E-state index in [0.717, 1.165) is 6.42 Å². The minimum absolute atomic E-state index is 0.202. The van der Waals surface area contributed by atoms with Gasteiger partial charge in [-0.25, -0.2) is 0 Å². The van der Waals surface area contributed by atoms with E-state index in [4.69, 9.17) is 4.74 Å². The van der Waals surface area contributed by atoms with Crippen molar-refractivity contribution in [2.75, 3.05) is 0 Å². The monoisotopic (exact) mass is 246 g/mol. The molecule has 0 aliphatic carbocycles. The summed E-state index contributed by atoms with van der Waals surface area (Å²) in [5.41, 5.74) is 0. The molecule has 2 nitrogen and oxygen atoms in total. The van der Waals surface area contributed by atoms with E-state index in [9.17, 15) is 4.79 Å². The van der Waals surface area contributed by atoms with Crippen LogP contribution < -0.4 is 0 Å². The zero-order chi connectivity index (χ0) is 10.3. The summed E-state index contributed by atoms with van der Waals surface area (Å²) in [6, 6.07) is 0. The van der Waals surface area contributed by atoms with Crippen molar-refractivity contribution in [1.82, 2.24) is 0 Å². The van der Waals surface area contributed by atoms with E-state index in [-0.39, 0.29) is 10.9 Å². The van der Waals surface area contributed by atoms with Crippen LogP contribution in [0.4, 0.5) is 0 Å². The molecule has 1 atom stereocenters. The Morgan fingerprint density at radius 1 is 1.46 bits per heavy atom. The molecule has 0 aromatic rings. The maximum atomic E-state index is 11.0. The van der Waals surface area contributed by atoms with Crippen LogP contribution in [0.25, 0.3) is 0 Å². The quantitative estimate of drug-likeness (QED) is 0.409. The van der Waals surface area contributed by atoms with Crippen molar-refractivity contribution in [2.45, 2.75) is 42.5 Å². The van der Waals surface area contributed by atoms with Crippen LogP contribution in [0, 0.1) is 0 Å². The average Bonchev–Trinajstić information content (AvgIpc) is 2.17. The van der Waals surface area contributed by atoms with E-state index < -0.39 is 14.7 Å². The summed E-state index contributed by atoms with van der Waals surface area (Å²) in [6.07, 6.45) is 2.20. The van der Waals surface area contributed by atoms with Gasteiger partial charge in [0.2, 0.25) is 0 Å². The predicted molar refractivity (Wildman–Crippen MR) is 57.1 cm³/mol. The van der Waals surface area contributed by atoms with Crippen LogP contribution in [0.5, 0.6) is 0 Å². The second-order valence-electron chi connectivity index (χ2n) is 2.73. The van der Waals surface area contributed by atoms with Gasteiger partial charge in [0.15, 0.2) is 0 Å². The van der Waals surface area contributed by atoms with Crippen LogP contribution in [0.1, 0.15) is 27.2 Å². The van der Waals surface area contributed by atoms with Crippen LogP contribution in [0.15, 0.2) is 12.7 Å². The standard InChI is InChI=1S/C10H19AsO2/c1-5-9(11(7-3)8-4)13-10(12)6-2/h6,9H,2,5,7-8H2,1,3-4H3. The third-order valence-corrected chi connectivity index (χ3v) is 8.09. The Labute approximate surface area is 85.6 Å². The van der Waals surface area contributed by atoms with Gasteiger partial charge in [0.25, 0.3) is 0 Å². The molecule has 0 spiro atoms. The molecule has 0 saturated heterocycles. The zero-order valence-corrected chi connectivity index (χ0v) is 10.6. The van der Waals surface area contributed by atoms with E-state index >= 15 is 0 Å². The van der Waals surface area contributed by atoms with Gasteiger partial charge in [-0.1, -0.05) is 0 Å². The second kappa shape index (κ2) is 7.20. The summed E-state index contributed by atoms with van der Waals surface area (Å²) in [4.78, 5) is 11.2. The van der Waals surface area contributed by atoms with Crippen LogP contribution in [-0.2, 0) is 9.53 Å². The first-order valence-electron chi connectivity index (χ1n) is 4.76. The molecule has 0 rings (SSSR count). The minimum atomic E-state index is -0.935. The Kier molecular flexibility index (Phi) is 7.07. The second-order valence-corrected chi connectivity index (χ2v) is 9.06. The van der Waals surface area contributed by atoms with E-state index in [1.54, 1.807) is 0 Å². The molecule has 0 aromatic carbocycles. The number of carbonyl (C=O) groups excluding carboxylic acids is 1. The molecule has 0 aliphatic rings. The van der Waals surface area contributed by atoms with Gasteiger partial charge >= 0.3 is 85.3 Å². The summed E-state index contributed by atoms with van der Waals surface area (Å²) in [5, 5.41) is 2.40. The maximum absolute atomic E-state index is 11.0. The van der Waals surface area contributed by atoms with Gasteiger partial charge in [-0.2, -0.15) is 0 Å². The topological polar surface area (TPSA) is 26.3 Å². The molecule has 0 bridgehead atoms. The number of ether oxygens (including phenoxy) is 1. The van der Waals surface area contributed by atoms with Gasteiger partial charge in [-0.05, 0) is 0 Å². The number of rotatable bonds is 6. The first-order valence-corrected chi connectivity index (χ1v) is 8.50. The Hall–Kier alpha value is -0.232. The molecule has 0 saturated carbocycles. The SMILES string of the molecule is C=CC(=O)OC(CC)[As](CC)CC. The van der Waals surface area contributed by atoms with Crippen LogP contribution >= 0.6 is 0 Å². The third kappa shape index (κ3) is 4.52.